The fourth-order valence-electron chi connectivity index (χ4n) is 2.24. The van der Waals surface area contributed by atoms with E-state index in [2.05, 4.69) is 41.8 Å². The van der Waals surface area contributed by atoms with Crippen molar-refractivity contribution in [2.24, 2.45) is 4.99 Å². The summed E-state index contributed by atoms with van der Waals surface area (Å²) < 4.78 is 2.89. The zero-order valence-corrected chi connectivity index (χ0v) is 18.1. The van der Waals surface area contributed by atoms with Crippen LogP contribution < -0.4 is 10.6 Å². The van der Waals surface area contributed by atoms with Crippen LogP contribution >= 0.6 is 51.5 Å². The molecule has 0 aliphatic heterocycles. The van der Waals surface area contributed by atoms with E-state index in [4.69, 9.17) is 11.6 Å². The molecule has 0 unspecified atom stereocenters. The number of hydrogen-bond donors (Lipinski definition) is 2. The van der Waals surface area contributed by atoms with E-state index >= 15 is 0 Å². The first kappa shape index (κ1) is 19.9. The molecule has 0 aliphatic carbocycles. The summed E-state index contributed by atoms with van der Waals surface area (Å²) in [6, 6.07) is 11.6. The van der Waals surface area contributed by atoms with E-state index in [-0.39, 0.29) is 24.0 Å². The Morgan fingerprint density at radius 2 is 2.00 bits per heavy atom. The minimum absolute atomic E-state index is 0. The van der Waals surface area contributed by atoms with Crippen LogP contribution in [-0.4, -0.2) is 27.6 Å². The molecule has 2 aromatic heterocycles. The third-order valence-corrected chi connectivity index (χ3v) is 4.33. The quantitative estimate of drug-likeness (QED) is 0.304. The molecule has 25 heavy (non-hydrogen) atoms. The van der Waals surface area contributed by atoms with Crippen molar-refractivity contribution in [2.45, 2.75) is 13.1 Å². The highest BCUT2D eigenvalue weighted by atomic mass is 127. The lowest BCUT2D eigenvalue weighted by Crippen LogP contribution is -2.36. The fourth-order valence-corrected chi connectivity index (χ4v) is 2.98. The molecule has 0 atom stereocenters. The first-order valence-corrected chi connectivity index (χ1v) is 8.51. The van der Waals surface area contributed by atoms with Gasteiger partial charge in [0.05, 0.1) is 6.54 Å². The average Bonchev–Trinajstić information content (AvgIpc) is 3.00. The second kappa shape index (κ2) is 9.35. The average molecular weight is 536 g/mol. The van der Waals surface area contributed by atoms with Crippen molar-refractivity contribution in [3.8, 4) is 0 Å². The summed E-state index contributed by atoms with van der Waals surface area (Å²) in [6.07, 6.45) is 1.93. The van der Waals surface area contributed by atoms with Gasteiger partial charge in [-0.05, 0) is 29.8 Å². The number of rotatable bonds is 4. The maximum Gasteiger partial charge on any atom is 0.191 e. The van der Waals surface area contributed by atoms with E-state index in [9.17, 15) is 0 Å². The van der Waals surface area contributed by atoms with Crippen LogP contribution in [0.5, 0.6) is 0 Å². The number of aliphatic imine (C=N–C) groups is 1. The topological polar surface area (TPSA) is 66.6 Å². The number of nitrogens with zero attached hydrogens (tertiary/aromatic N) is 4. The van der Waals surface area contributed by atoms with Gasteiger partial charge in [0.25, 0.3) is 0 Å². The van der Waals surface area contributed by atoms with Crippen molar-refractivity contribution in [2.75, 3.05) is 7.05 Å². The van der Waals surface area contributed by atoms with Gasteiger partial charge in [-0.1, -0.05) is 39.7 Å². The van der Waals surface area contributed by atoms with E-state index in [1.54, 1.807) is 7.05 Å². The Balaban J connectivity index is 0.00000225. The molecule has 2 heterocycles. The molecule has 0 aliphatic rings. The molecule has 0 bridgehead atoms. The van der Waals surface area contributed by atoms with Crippen LogP contribution in [0.25, 0.3) is 5.65 Å². The summed E-state index contributed by atoms with van der Waals surface area (Å²) >= 11 is 9.63. The molecule has 9 heteroatoms. The van der Waals surface area contributed by atoms with Crippen LogP contribution in [0, 0.1) is 0 Å². The molecule has 3 aromatic rings. The van der Waals surface area contributed by atoms with E-state index in [1.165, 1.54) is 0 Å². The van der Waals surface area contributed by atoms with Crippen molar-refractivity contribution < 1.29 is 0 Å². The molecule has 0 amide bonds. The summed E-state index contributed by atoms with van der Waals surface area (Å²) in [5, 5.41) is 15.5. The van der Waals surface area contributed by atoms with Gasteiger partial charge in [0, 0.05) is 29.3 Å². The Morgan fingerprint density at radius 1 is 1.20 bits per heavy atom. The number of fused-ring (bicyclic) bond motifs is 1. The minimum Gasteiger partial charge on any atom is -0.352 e. The van der Waals surface area contributed by atoms with E-state index < -0.39 is 0 Å². The SMILES string of the molecule is CN=C(NCc1ccc(Br)cc1Cl)NCc1nnc2ccccn12.I. The van der Waals surface area contributed by atoms with Crippen molar-refractivity contribution in [1.29, 1.82) is 0 Å². The monoisotopic (exact) mass is 534 g/mol. The molecule has 6 nitrogen and oxygen atoms in total. The number of hydrogen-bond acceptors (Lipinski definition) is 3. The number of aromatic nitrogens is 3. The standard InChI is InChI=1S/C16H16BrClN6.HI/c1-19-16(20-9-11-5-6-12(17)8-13(11)18)21-10-15-23-22-14-4-2-3-7-24(14)15;/h2-8H,9-10H2,1H3,(H2,19,20,21);1H. The van der Waals surface area contributed by atoms with Gasteiger partial charge < -0.3 is 10.6 Å². The van der Waals surface area contributed by atoms with Crippen molar-refractivity contribution >= 4 is 63.1 Å². The largest absolute Gasteiger partial charge is 0.352 e. The Hall–Kier alpha value is -1.39. The Morgan fingerprint density at radius 3 is 2.76 bits per heavy atom. The highest BCUT2D eigenvalue weighted by Gasteiger charge is 2.06. The lowest BCUT2D eigenvalue weighted by molar-refractivity contribution is 0.762. The highest BCUT2D eigenvalue weighted by molar-refractivity contribution is 14.0. The second-order valence-corrected chi connectivity index (χ2v) is 6.38. The first-order valence-electron chi connectivity index (χ1n) is 7.34. The molecule has 2 N–H and O–H groups in total. The highest BCUT2D eigenvalue weighted by Crippen LogP contribution is 2.21. The minimum atomic E-state index is 0. The zero-order valence-electron chi connectivity index (χ0n) is 13.4. The Kier molecular flexibility index (Phi) is 7.45. The lowest BCUT2D eigenvalue weighted by atomic mass is 10.2. The Labute approximate surface area is 176 Å². The molecule has 0 saturated heterocycles. The molecule has 0 fully saturated rings. The lowest BCUT2D eigenvalue weighted by Gasteiger charge is -2.12. The molecular formula is C16H17BrClIN6. The predicted molar refractivity (Wildman–Crippen MR) is 115 cm³/mol. The molecule has 0 saturated carbocycles. The number of nitrogens with one attached hydrogen (secondary N) is 2. The summed E-state index contributed by atoms with van der Waals surface area (Å²) in [7, 11) is 1.72. The Bertz CT molecular complexity index is 882. The smallest absolute Gasteiger partial charge is 0.191 e. The molecule has 3 rings (SSSR count). The van der Waals surface area contributed by atoms with Gasteiger partial charge >= 0.3 is 0 Å². The van der Waals surface area contributed by atoms with E-state index in [0.717, 1.165) is 21.5 Å². The van der Waals surface area contributed by atoms with Crippen LogP contribution in [-0.2, 0) is 13.1 Å². The maximum atomic E-state index is 6.23. The number of benzene rings is 1. The summed E-state index contributed by atoms with van der Waals surface area (Å²) in [5.74, 6) is 1.48. The predicted octanol–water partition coefficient (Wildman–Crippen LogP) is 3.63. The number of pyridine rings is 1. The van der Waals surface area contributed by atoms with Gasteiger partial charge in [-0.2, -0.15) is 0 Å². The van der Waals surface area contributed by atoms with Gasteiger partial charge in [0.2, 0.25) is 0 Å². The van der Waals surface area contributed by atoms with Gasteiger partial charge in [-0.25, -0.2) is 0 Å². The zero-order chi connectivity index (χ0) is 16.9. The van der Waals surface area contributed by atoms with Crippen molar-refractivity contribution in [1.82, 2.24) is 25.2 Å². The third-order valence-electron chi connectivity index (χ3n) is 3.48. The normalized spacial score (nSPS) is 11.2. The van der Waals surface area contributed by atoms with Crippen LogP contribution in [0.2, 0.25) is 5.02 Å². The summed E-state index contributed by atoms with van der Waals surface area (Å²) in [4.78, 5) is 4.21. The maximum absolute atomic E-state index is 6.23. The van der Waals surface area contributed by atoms with Crippen molar-refractivity contribution in [3.63, 3.8) is 0 Å². The number of guanidine groups is 1. The molecule has 0 radical (unpaired) electrons. The van der Waals surface area contributed by atoms with Crippen molar-refractivity contribution in [3.05, 3.63) is 63.5 Å². The van der Waals surface area contributed by atoms with Crippen LogP contribution in [0.15, 0.2) is 52.1 Å². The van der Waals surface area contributed by atoms with Gasteiger partial charge in [0.15, 0.2) is 17.4 Å². The van der Waals surface area contributed by atoms with Gasteiger partial charge in [0.1, 0.15) is 0 Å². The molecule has 132 valence electrons. The van der Waals surface area contributed by atoms with Gasteiger partial charge in [-0.3, -0.25) is 9.39 Å². The molecule has 1 aromatic carbocycles. The number of halogens is 3. The van der Waals surface area contributed by atoms with Crippen LogP contribution in [0.1, 0.15) is 11.4 Å². The second-order valence-electron chi connectivity index (χ2n) is 5.06. The first-order chi connectivity index (χ1) is 11.7. The molecule has 0 spiro atoms. The van der Waals surface area contributed by atoms with Crippen LogP contribution in [0.3, 0.4) is 0 Å². The molecular weight excluding hydrogens is 518 g/mol. The summed E-state index contributed by atoms with van der Waals surface area (Å²) in [5.41, 5.74) is 1.81. The van der Waals surface area contributed by atoms with Crippen LogP contribution in [0.4, 0.5) is 0 Å². The van der Waals surface area contributed by atoms with E-state index in [0.29, 0.717) is 24.1 Å². The van der Waals surface area contributed by atoms with E-state index in [1.807, 2.05) is 47.0 Å². The summed E-state index contributed by atoms with van der Waals surface area (Å²) in [6.45, 7) is 1.09. The van der Waals surface area contributed by atoms with Gasteiger partial charge in [-0.15, -0.1) is 34.2 Å². The fraction of sp³-hybridized carbons (Fsp3) is 0.188. The third kappa shape index (κ3) is 5.05.